The van der Waals surface area contributed by atoms with Gasteiger partial charge in [0, 0.05) is 23.0 Å². The van der Waals surface area contributed by atoms with Crippen LogP contribution in [0.15, 0.2) is 72.6 Å². The molecule has 0 saturated carbocycles. The average Bonchev–Trinajstić information content (AvgIpc) is 3.32. The van der Waals surface area contributed by atoms with E-state index in [1.165, 1.54) is 35.5 Å². The van der Waals surface area contributed by atoms with Gasteiger partial charge in [0.2, 0.25) is 0 Å². The van der Waals surface area contributed by atoms with E-state index in [-0.39, 0.29) is 16.5 Å². The third kappa shape index (κ3) is 3.34. The fourth-order valence-electron chi connectivity index (χ4n) is 3.64. The maximum atomic E-state index is 13.7. The van der Waals surface area contributed by atoms with Crippen molar-refractivity contribution in [3.05, 3.63) is 94.5 Å². The van der Waals surface area contributed by atoms with E-state index in [4.69, 9.17) is 11.6 Å². The van der Waals surface area contributed by atoms with Crippen molar-refractivity contribution in [2.45, 2.75) is 6.04 Å². The number of aromatic nitrogens is 2. The first-order valence-electron chi connectivity index (χ1n) is 9.47. The first-order chi connectivity index (χ1) is 15.4. The Morgan fingerprint density at radius 2 is 1.91 bits per heavy atom. The molecular formula is C23H13ClFN3O3S. The minimum Gasteiger partial charge on any atom is -0.507 e. The van der Waals surface area contributed by atoms with Gasteiger partial charge >= 0.3 is 5.91 Å². The standard InChI is InChI=1S/C23H13ClFN3O3S/c24-14-5-3-12(4-6-14)19-18(20(29)13-2-1-9-26-11-13)21(30)22(31)28(19)23-27-16-8-7-15(25)10-17(16)32-23/h1-11,19,29H/b20-18+. The van der Waals surface area contributed by atoms with Crippen LogP contribution in [-0.2, 0) is 9.59 Å². The number of fused-ring (bicyclic) bond motifs is 1. The molecule has 1 saturated heterocycles. The second-order valence-electron chi connectivity index (χ2n) is 7.07. The van der Waals surface area contributed by atoms with Gasteiger partial charge in [-0.1, -0.05) is 35.1 Å². The van der Waals surface area contributed by atoms with Crippen LogP contribution in [-0.4, -0.2) is 26.8 Å². The Bertz CT molecular complexity index is 1400. The summed E-state index contributed by atoms with van der Waals surface area (Å²) in [6, 6.07) is 13.0. The zero-order valence-corrected chi connectivity index (χ0v) is 17.8. The maximum Gasteiger partial charge on any atom is 0.301 e. The second-order valence-corrected chi connectivity index (χ2v) is 8.52. The number of nitrogens with zero attached hydrogens (tertiary/aromatic N) is 3. The molecule has 9 heteroatoms. The zero-order valence-electron chi connectivity index (χ0n) is 16.2. The van der Waals surface area contributed by atoms with Crippen molar-refractivity contribution in [2.75, 3.05) is 4.90 Å². The van der Waals surface area contributed by atoms with Gasteiger partial charge in [-0.2, -0.15) is 0 Å². The van der Waals surface area contributed by atoms with Crippen LogP contribution in [0.2, 0.25) is 5.02 Å². The van der Waals surface area contributed by atoms with Gasteiger partial charge in [0.15, 0.2) is 5.13 Å². The molecule has 1 aliphatic heterocycles. The van der Waals surface area contributed by atoms with Crippen molar-refractivity contribution in [3.63, 3.8) is 0 Å². The fraction of sp³-hybridized carbons (Fsp3) is 0.0435. The summed E-state index contributed by atoms with van der Waals surface area (Å²) in [6.45, 7) is 0. The van der Waals surface area contributed by atoms with E-state index < -0.39 is 23.5 Å². The monoisotopic (exact) mass is 465 g/mol. The number of halogens is 2. The molecular weight excluding hydrogens is 453 g/mol. The summed E-state index contributed by atoms with van der Waals surface area (Å²) in [4.78, 5) is 35.9. The summed E-state index contributed by atoms with van der Waals surface area (Å²) in [5, 5.41) is 11.7. The minimum absolute atomic E-state index is 0.0873. The van der Waals surface area contributed by atoms with Crippen LogP contribution >= 0.6 is 22.9 Å². The molecule has 1 fully saturated rings. The third-order valence-electron chi connectivity index (χ3n) is 5.11. The molecule has 158 valence electrons. The molecule has 3 heterocycles. The topological polar surface area (TPSA) is 83.4 Å². The SMILES string of the molecule is O=C1C(=O)N(c2nc3ccc(F)cc3s2)C(c2ccc(Cl)cc2)/C1=C(\O)c1cccnc1. The Hall–Kier alpha value is -3.62. The lowest BCUT2D eigenvalue weighted by atomic mass is 9.96. The van der Waals surface area contributed by atoms with Crippen molar-refractivity contribution in [3.8, 4) is 0 Å². The van der Waals surface area contributed by atoms with E-state index in [0.29, 0.717) is 26.4 Å². The van der Waals surface area contributed by atoms with Crippen molar-refractivity contribution >= 4 is 55.7 Å². The van der Waals surface area contributed by atoms with E-state index in [0.717, 1.165) is 11.3 Å². The van der Waals surface area contributed by atoms with E-state index in [2.05, 4.69) is 9.97 Å². The molecule has 0 aliphatic carbocycles. The van der Waals surface area contributed by atoms with Crippen molar-refractivity contribution in [1.82, 2.24) is 9.97 Å². The molecule has 1 atom stereocenters. The summed E-state index contributed by atoms with van der Waals surface area (Å²) in [7, 11) is 0. The van der Waals surface area contributed by atoms with E-state index in [1.807, 2.05) is 0 Å². The zero-order chi connectivity index (χ0) is 22.4. The number of thiazole rings is 1. The number of carbonyl (C=O) groups is 2. The molecule has 0 spiro atoms. The molecule has 32 heavy (non-hydrogen) atoms. The van der Waals surface area contributed by atoms with E-state index >= 15 is 0 Å². The highest BCUT2D eigenvalue weighted by Gasteiger charge is 2.48. The first-order valence-corrected chi connectivity index (χ1v) is 10.7. The Morgan fingerprint density at radius 3 is 2.62 bits per heavy atom. The predicted molar refractivity (Wildman–Crippen MR) is 120 cm³/mol. The van der Waals surface area contributed by atoms with Crippen LogP contribution in [0.25, 0.3) is 16.0 Å². The van der Waals surface area contributed by atoms with E-state index in [1.54, 1.807) is 36.4 Å². The summed E-state index contributed by atoms with van der Waals surface area (Å²) in [5.41, 5.74) is 1.27. The number of rotatable bonds is 3. The van der Waals surface area contributed by atoms with Gasteiger partial charge in [0.05, 0.1) is 21.8 Å². The minimum atomic E-state index is -0.946. The summed E-state index contributed by atoms with van der Waals surface area (Å²) in [5.74, 6) is -2.46. The number of carbonyl (C=O) groups excluding carboxylic acids is 2. The van der Waals surface area contributed by atoms with Crippen molar-refractivity contribution in [2.24, 2.45) is 0 Å². The lowest BCUT2D eigenvalue weighted by Gasteiger charge is -2.23. The molecule has 4 aromatic rings. The van der Waals surface area contributed by atoms with Crippen molar-refractivity contribution in [1.29, 1.82) is 0 Å². The number of hydrogen-bond acceptors (Lipinski definition) is 6. The number of pyridine rings is 1. The second kappa shape index (κ2) is 7.81. The normalized spacial score (nSPS) is 17.9. The molecule has 1 N–H and O–H groups in total. The first kappa shape index (κ1) is 20.3. The number of hydrogen-bond donors (Lipinski definition) is 1. The highest BCUT2D eigenvalue weighted by Crippen LogP contribution is 2.44. The van der Waals surface area contributed by atoms with E-state index in [9.17, 15) is 19.1 Å². The lowest BCUT2D eigenvalue weighted by molar-refractivity contribution is -0.132. The fourth-order valence-corrected chi connectivity index (χ4v) is 4.78. The molecule has 1 amide bonds. The molecule has 1 unspecified atom stereocenters. The Kier molecular flexibility index (Phi) is 4.96. The van der Waals surface area contributed by atoms with Gasteiger partial charge in [-0.3, -0.25) is 19.5 Å². The summed E-state index contributed by atoms with van der Waals surface area (Å²) >= 11 is 7.11. The molecule has 2 aromatic carbocycles. The Morgan fingerprint density at radius 1 is 1.12 bits per heavy atom. The van der Waals surface area contributed by atoms with Crippen LogP contribution < -0.4 is 4.90 Å². The highest BCUT2D eigenvalue weighted by atomic mass is 35.5. The van der Waals surface area contributed by atoms with Gasteiger partial charge in [-0.05, 0) is 48.0 Å². The van der Waals surface area contributed by atoms with Crippen LogP contribution in [0, 0.1) is 5.82 Å². The lowest BCUT2D eigenvalue weighted by Crippen LogP contribution is -2.29. The van der Waals surface area contributed by atoms with Gasteiger partial charge < -0.3 is 5.11 Å². The highest BCUT2D eigenvalue weighted by molar-refractivity contribution is 7.22. The molecule has 0 radical (unpaired) electrons. The number of aliphatic hydroxyl groups is 1. The van der Waals surface area contributed by atoms with Gasteiger partial charge in [-0.15, -0.1) is 0 Å². The van der Waals surface area contributed by atoms with Crippen LogP contribution in [0.1, 0.15) is 17.2 Å². The van der Waals surface area contributed by atoms with Gasteiger partial charge in [0.1, 0.15) is 11.6 Å². The van der Waals surface area contributed by atoms with Crippen LogP contribution in [0.4, 0.5) is 9.52 Å². The summed E-state index contributed by atoms with van der Waals surface area (Å²) < 4.78 is 14.2. The molecule has 5 rings (SSSR count). The molecule has 0 bridgehead atoms. The largest absolute Gasteiger partial charge is 0.507 e. The number of Topliss-reactive ketones (excluding diaryl/α,β-unsaturated/α-hetero) is 1. The third-order valence-corrected chi connectivity index (χ3v) is 6.38. The van der Waals surface area contributed by atoms with Crippen LogP contribution in [0.5, 0.6) is 0 Å². The number of benzene rings is 2. The maximum absolute atomic E-state index is 13.7. The van der Waals surface area contributed by atoms with Crippen molar-refractivity contribution < 1.29 is 19.1 Å². The average molecular weight is 466 g/mol. The van der Waals surface area contributed by atoms with Gasteiger partial charge in [0.25, 0.3) is 5.78 Å². The Labute approximate surface area is 190 Å². The number of amides is 1. The molecule has 1 aliphatic rings. The number of anilines is 1. The molecule has 2 aromatic heterocycles. The molecule has 6 nitrogen and oxygen atoms in total. The van der Waals surface area contributed by atoms with Gasteiger partial charge in [-0.25, -0.2) is 9.37 Å². The van der Waals surface area contributed by atoms with Crippen LogP contribution in [0.3, 0.4) is 0 Å². The number of aliphatic hydroxyl groups excluding tert-OH is 1. The smallest absolute Gasteiger partial charge is 0.301 e. The predicted octanol–water partition coefficient (Wildman–Crippen LogP) is 5.11. The Balaban J connectivity index is 1.73. The number of ketones is 1. The summed E-state index contributed by atoms with van der Waals surface area (Å²) in [6.07, 6.45) is 2.94. The quantitative estimate of drug-likeness (QED) is 0.258.